The van der Waals surface area contributed by atoms with E-state index in [1.165, 1.54) is 0 Å². The molecule has 1 fully saturated rings. The number of carbonyl (C=O) groups is 4. The van der Waals surface area contributed by atoms with Crippen LogP contribution < -0.4 is 5.32 Å². The zero-order valence-electron chi connectivity index (χ0n) is 37.8. The summed E-state index contributed by atoms with van der Waals surface area (Å²) in [5.74, 6) is -1.71. The summed E-state index contributed by atoms with van der Waals surface area (Å²) in [6, 6.07) is 14.4. The van der Waals surface area contributed by atoms with E-state index in [2.05, 4.69) is 19.2 Å². The maximum absolute atomic E-state index is 14.6. The largest absolute Gasteiger partial charge is 0.508 e. The van der Waals surface area contributed by atoms with Gasteiger partial charge in [-0.25, -0.2) is 0 Å². The Labute approximate surface area is 354 Å². The first kappa shape index (κ1) is 49.5. The summed E-state index contributed by atoms with van der Waals surface area (Å²) in [7, 11) is 6.81. The van der Waals surface area contributed by atoms with Crippen LogP contribution in [-0.4, -0.2) is 120 Å². The number of phenols is 1. The van der Waals surface area contributed by atoms with Gasteiger partial charge in [0.25, 0.3) is 0 Å². The molecule has 0 spiro atoms. The third-order valence-electron chi connectivity index (χ3n) is 12.6. The molecule has 0 radical (unpaired) electrons. The molecule has 3 rings (SSSR count). The summed E-state index contributed by atoms with van der Waals surface area (Å²) >= 11 is 0. The monoisotopic (exact) mass is 823 g/mol. The van der Waals surface area contributed by atoms with E-state index in [-0.39, 0.29) is 65.9 Å². The number of phenolic OH excluding ortho intramolecular Hbond substituents is 1. The van der Waals surface area contributed by atoms with Crippen LogP contribution in [0.25, 0.3) is 0 Å². The van der Waals surface area contributed by atoms with E-state index in [1.54, 1.807) is 57.0 Å². The number of methoxy groups -OCH3 is 2. The van der Waals surface area contributed by atoms with Crippen molar-refractivity contribution in [2.75, 3.05) is 34.9 Å². The first-order chi connectivity index (χ1) is 27.9. The first-order valence-electron chi connectivity index (χ1n) is 21.5. The van der Waals surface area contributed by atoms with E-state index >= 15 is 0 Å². The molecule has 10 atom stereocenters. The lowest BCUT2D eigenvalue weighted by Crippen LogP contribution is -2.54. The van der Waals surface area contributed by atoms with Gasteiger partial charge in [-0.1, -0.05) is 97.4 Å². The molecule has 330 valence electrons. The number of hydrogen-bond acceptors (Lipinski definition) is 9. The average Bonchev–Trinajstić information content (AvgIpc) is 3.69. The molecule has 0 aliphatic carbocycles. The summed E-state index contributed by atoms with van der Waals surface area (Å²) in [6.45, 7) is 16.7. The molecule has 3 amide bonds. The molecule has 1 saturated heterocycles. The van der Waals surface area contributed by atoms with Crippen LogP contribution in [0, 0.1) is 29.6 Å². The molecule has 2 aromatic carbocycles. The highest BCUT2D eigenvalue weighted by molar-refractivity contribution is 5.90. The van der Waals surface area contributed by atoms with Gasteiger partial charge in [-0.15, -0.1) is 0 Å². The number of carbonyl (C=O) groups excluding carboxylic acids is 4. The Kier molecular flexibility index (Phi) is 19.5. The van der Waals surface area contributed by atoms with Gasteiger partial charge >= 0.3 is 0 Å². The highest BCUT2D eigenvalue weighted by Crippen LogP contribution is 2.31. The number of nitrogens with one attached hydrogen (secondary N) is 1. The van der Waals surface area contributed by atoms with E-state index in [0.29, 0.717) is 25.1 Å². The molecule has 1 aliphatic heterocycles. The molecule has 1 aliphatic rings. The second kappa shape index (κ2) is 23.2. The van der Waals surface area contributed by atoms with Gasteiger partial charge in [0.05, 0.1) is 54.8 Å². The van der Waals surface area contributed by atoms with Crippen LogP contribution in [-0.2, 0) is 35.2 Å². The third-order valence-corrected chi connectivity index (χ3v) is 12.6. The van der Waals surface area contributed by atoms with Crippen molar-refractivity contribution in [1.29, 1.82) is 0 Å². The van der Waals surface area contributed by atoms with Gasteiger partial charge in [-0.3, -0.25) is 24.1 Å². The minimum atomic E-state index is -0.884. The minimum Gasteiger partial charge on any atom is -0.508 e. The summed E-state index contributed by atoms with van der Waals surface area (Å²) in [5, 5.41) is 23.6. The number of aromatic hydroxyl groups is 1. The Morgan fingerprint density at radius 2 is 1.51 bits per heavy atom. The highest BCUT2D eigenvalue weighted by Gasteiger charge is 2.43. The predicted molar refractivity (Wildman–Crippen MR) is 231 cm³/mol. The Morgan fingerprint density at radius 1 is 0.881 bits per heavy atom. The lowest BCUT2D eigenvalue weighted by Gasteiger charge is -2.41. The number of rotatable bonds is 23. The van der Waals surface area contributed by atoms with Gasteiger partial charge in [0.2, 0.25) is 17.7 Å². The zero-order valence-corrected chi connectivity index (χ0v) is 37.8. The number of ether oxygens (including phenoxy) is 2. The fourth-order valence-electron chi connectivity index (χ4n) is 9.00. The van der Waals surface area contributed by atoms with Crippen molar-refractivity contribution in [1.82, 2.24) is 20.0 Å². The van der Waals surface area contributed by atoms with Gasteiger partial charge in [0.15, 0.2) is 5.78 Å². The van der Waals surface area contributed by atoms with E-state index < -0.39 is 48.3 Å². The van der Waals surface area contributed by atoms with Crippen LogP contribution in [0.2, 0.25) is 0 Å². The maximum atomic E-state index is 14.6. The Bertz CT molecular complexity index is 1620. The quantitative estimate of drug-likeness (QED) is 0.119. The normalized spacial score (nSPS) is 19.1. The molecule has 3 N–H and O–H groups in total. The second-order valence-electron chi connectivity index (χ2n) is 17.5. The molecule has 12 nitrogen and oxygen atoms in total. The molecule has 0 saturated carbocycles. The summed E-state index contributed by atoms with van der Waals surface area (Å²) < 4.78 is 12.0. The number of Topliss-reactive ketones (excluding diaryl/α,β-unsaturated/α-hetero) is 1. The number of ketones is 1. The molecule has 0 bridgehead atoms. The van der Waals surface area contributed by atoms with E-state index in [9.17, 15) is 29.4 Å². The Morgan fingerprint density at radius 3 is 2.05 bits per heavy atom. The minimum absolute atomic E-state index is 0.00204. The molecule has 59 heavy (non-hydrogen) atoms. The second-order valence-corrected chi connectivity index (χ2v) is 17.5. The number of benzene rings is 2. The van der Waals surface area contributed by atoms with Crippen molar-refractivity contribution in [3.63, 3.8) is 0 Å². The number of aliphatic hydroxyl groups is 1. The fraction of sp³-hybridized carbons (Fsp3) is 0.660. The lowest BCUT2D eigenvalue weighted by atomic mass is 9.83. The standard InChI is InChI=1S/C47H74N4O8/c1-13-31(6)43(50(10)47(57)37(29(2)3)26-39(53)42(30(4)5)49(9)28-34-21-23-36(52)24-22-34)40(58-11)27-41(54)51-25-17-20-38(51)45(59-12)32(7)46(56)48-33(8)44(55)35-18-15-14-16-19-35/h14-16,18-19,21-24,29-33,37-38,40,42-45,52,55H,13,17,20,25-28H2,1-12H3,(H,48,56)/t31-,32+,33+,37-,38-,40+,42-,43-,44+,45+/m0/s1. The van der Waals surface area contributed by atoms with Crippen LogP contribution in [0.5, 0.6) is 5.75 Å². The van der Waals surface area contributed by atoms with Crippen molar-refractivity contribution in [2.24, 2.45) is 29.6 Å². The van der Waals surface area contributed by atoms with Crippen LogP contribution in [0.15, 0.2) is 54.6 Å². The van der Waals surface area contributed by atoms with Crippen molar-refractivity contribution < 1.29 is 38.9 Å². The smallest absolute Gasteiger partial charge is 0.226 e. The summed E-state index contributed by atoms with van der Waals surface area (Å²) in [6.07, 6.45) is 0.169. The van der Waals surface area contributed by atoms with Crippen LogP contribution >= 0.6 is 0 Å². The molecule has 1 heterocycles. The number of amides is 3. The third kappa shape index (κ3) is 13.1. The van der Waals surface area contributed by atoms with E-state index in [0.717, 1.165) is 18.4 Å². The van der Waals surface area contributed by atoms with Crippen molar-refractivity contribution in [2.45, 2.75) is 137 Å². The Hall–Kier alpha value is -3.84. The molecular formula is C47H74N4O8. The first-order valence-corrected chi connectivity index (χ1v) is 21.5. The number of likely N-dealkylation sites (tertiary alicyclic amines) is 1. The van der Waals surface area contributed by atoms with Gasteiger partial charge in [0, 0.05) is 46.7 Å². The summed E-state index contributed by atoms with van der Waals surface area (Å²) in [4.78, 5) is 62.1. The van der Waals surface area contributed by atoms with Crippen LogP contribution in [0.1, 0.15) is 105 Å². The van der Waals surface area contributed by atoms with Crippen LogP contribution in [0.4, 0.5) is 0 Å². The topological polar surface area (TPSA) is 149 Å². The van der Waals surface area contributed by atoms with Gasteiger partial charge < -0.3 is 34.8 Å². The molecule has 0 unspecified atom stereocenters. The molecule has 12 heteroatoms. The van der Waals surface area contributed by atoms with E-state index in [1.807, 2.05) is 82.1 Å². The lowest BCUT2D eigenvalue weighted by molar-refractivity contribution is -0.149. The zero-order chi connectivity index (χ0) is 44.1. The maximum Gasteiger partial charge on any atom is 0.226 e. The number of nitrogens with zero attached hydrogens (tertiary/aromatic N) is 3. The summed E-state index contributed by atoms with van der Waals surface area (Å²) in [5.41, 5.74) is 1.68. The van der Waals surface area contributed by atoms with Crippen molar-refractivity contribution in [3.8, 4) is 5.75 Å². The van der Waals surface area contributed by atoms with Crippen LogP contribution in [0.3, 0.4) is 0 Å². The SMILES string of the molecule is CC[C@H](C)[C@@H]([C@@H](CC(=O)N1CCC[C@H]1[C@H](OC)[C@@H](C)C(=O)N[C@H](C)[C@@H](O)c1ccccc1)OC)N(C)C(=O)[C@@H](CC(=O)[C@H](C(C)C)N(C)Cc1ccc(O)cc1)C(C)C. The fourth-order valence-corrected chi connectivity index (χ4v) is 9.00. The number of likely N-dealkylation sites (N-methyl/N-ethyl adjacent to an activating group) is 2. The molecule has 0 aromatic heterocycles. The molecular weight excluding hydrogens is 749 g/mol. The highest BCUT2D eigenvalue weighted by atomic mass is 16.5. The predicted octanol–water partition coefficient (Wildman–Crippen LogP) is 6.24. The van der Waals surface area contributed by atoms with Gasteiger partial charge in [0.1, 0.15) is 5.75 Å². The van der Waals surface area contributed by atoms with Crippen molar-refractivity contribution in [3.05, 3.63) is 65.7 Å². The van der Waals surface area contributed by atoms with Crippen molar-refractivity contribution >= 4 is 23.5 Å². The van der Waals surface area contributed by atoms with E-state index in [4.69, 9.17) is 9.47 Å². The number of aliphatic hydroxyl groups excluding tert-OH is 1. The average molecular weight is 823 g/mol. The van der Waals surface area contributed by atoms with Gasteiger partial charge in [-0.2, -0.15) is 0 Å². The van der Waals surface area contributed by atoms with Gasteiger partial charge in [-0.05, 0) is 67.8 Å². The number of hydrogen-bond donors (Lipinski definition) is 3. The molecule has 2 aromatic rings. The Balaban J connectivity index is 1.77.